The van der Waals surface area contributed by atoms with Crippen molar-refractivity contribution in [2.24, 2.45) is 5.92 Å². The fraction of sp³-hybridized carbons (Fsp3) is 0.300. The third-order valence-corrected chi connectivity index (χ3v) is 7.42. The number of hydrogen-bond donors (Lipinski definition) is 2. The van der Waals surface area contributed by atoms with E-state index in [-0.39, 0.29) is 17.3 Å². The van der Waals surface area contributed by atoms with Crippen molar-refractivity contribution in [3.63, 3.8) is 0 Å². The molecule has 0 radical (unpaired) electrons. The van der Waals surface area contributed by atoms with E-state index >= 15 is 0 Å². The Morgan fingerprint density at radius 1 is 1.03 bits per heavy atom. The smallest absolute Gasteiger partial charge is 0.266 e. The van der Waals surface area contributed by atoms with E-state index in [9.17, 15) is 30.4 Å². The van der Waals surface area contributed by atoms with E-state index in [1.807, 2.05) is 4.72 Å². The van der Waals surface area contributed by atoms with Gasteiger partial charge in [-0.2, -0.15) is 4.37 Å². The Hall–Kier alpha value is -2.84. The zero-order valence-electron chi connectivity index (χ0n) is 17.2. The van der Waals surface area contributed by atoms with Crippen molar-refractivity contribution in [1.82, 2.24) is 14.7 Å². The molecule has 2 N–H and O–H groups in total. The first-order valence-electron chi connectivity index (χ1n) is 9.92. The van der Waals surface area contributed by atoms with E-state index in [1.165, 1.54) is 0 Å². The van der Waals surface area contributed by atoms with Gasteiger partial charge in [0.25, 0.3) is 10.0 Å². The van der Waals surface area contributed by atoms with Crippen molar-refractivity contribution in [3.05, 3.63) is 65.2 Å². The van der Waals surface area contributed by atoms with Crippen LogP contribution in [-0.2, 0) is 10.0 Å². The van der Waals surface area contributed by atoms with Crippen LogP contribution in [0.5, 0.6) is 5.75 Å². The van der Waals surface area contributed by atoms with Crippen molar-refractivity contribution in [2.45, 2.75) is 17.2 Å². The van der Waals surface area contributed by atoms with E-state index in [4.69, 9.17) is 4.74 Å². The van der Waals surface area contributed by atoms with Crippen LogP contribution in [0.4, 0.5) is 27.1 Å². The van der Waals surface area contributed by atoms with Crippen LogP contribution in [0.3, 0.4) is 0 Å². The summed E-state index contributed by atoms with van der Waals surface area (Å²) in [4.78, 5) is 2.68. The van der Waals surface area contributed by atoms with E-state index in [2.05, 4.69) is 14.7 Å². The lowest BCUT2D eigenvalue weighted by atomic mass is 9.81. The Bertz CT molecular complexity index is 1290. The van der Waals surface area contributed by atoms with Gasteiger partial charge >= 0.3 is 0 Å². The minimum Gasteiger partial charge on any atom is -0.490 e. The minimum absolute atomic E-state index is 0.0372. The van der Waals surface area contributed by atoms with Gasteiger partial charge in [0.1, 0.15) is 22.9 Å². The van der Waals surface area contributed by atoms with E-state index in [0.29, 0.717) is 49.2 Å². The SMILES string of the molecule is O=S(=O)(Nc1ncns1)c1cc(F)c(OCC2CNCCC2c2cc(F)c(F)cc2F)cc1F. The number of sulfonamides is 1. The number of halogens is 5. The summed E-state index contributed by atoms with van der Waals surface area (Å²) in [5.41, 5.74) is -0.0372. The Labute approximate surface area is 195 Å². The highest BCUT2D eigenvalue weighted by molar-refractivity contribution is 7.93. The fourth-order valence-electron chi connectivity index (χ4n) is 3.74. The van der Waals surface area contributed by atoms with Crippen LogP contribution in [0.15, 0.2) is 35.5 Å². The lowest BCUT2D eigenvalue weighted by molar-refractivity contribution is 0.188. The first kappa shape index (κ1) is 24.3. The van der Waals surface area contributed by atoms with Gasteiger partial charge in [0.05, 0.1) is 6.61 Å². The topological polar surface area (TPSA) is 93.2 Å². The molecule has 0 spiro atoms. The van der Waals surface area contributed by atoms with E-state index in [0.717, 1.165) is 12.4 Å². The molecule has 34 heavy (non-hydrogen) atoms. The summed E-state index contributed by atoms with van der Waals surface area (Å²) in [7, 11) is -4.48. The average molecular weight is 521 g/mol. The van der Waals surface area contributed by atoms with Crippen molar-refractivity contribution >= 4 is 26.7 Å². The number of benzene rings is 2. The Morgan fingerprint density at radius 2 is 1.79 bits per heavy atom. The van der Waals surface area contributed by atoms with Crippen LogP contribution in [0.2, 0.25) is 0 Å². The molecule has 0 bridgehead atoms. The summed E-state index contributed by atoms with van der Waals surface area (Å²) in [6.07, 6.45) is 1.47. The lowest BCUT2D eigenvalue weighted by Gasteiger charge is -2.32. The van der Waals surface area contributed by atoms with Gasteiger partial charge in [-0.25, -0.2) is 35.4 Å². The summed E-state index contributed by atoms with van der Waals surface area (Å²) in [6, 6.07) is 2.32. The summed E-state index contributed by atoms with van der Waals surface area (Å²) in [5, 5.41) is 2.93. The number of aromatic nitrogens is 2. The van der Waals surface area contributed by atoms with Crippen LogP contribution in [0, 0.1) is 35.0 Å². The Kier molecular flexibility index (Phi) is 7.00. The van der Waals surface area contributed by atoms with Gasteiger partial charge in [0.15, 0.2) is 23.2 Å². The van der Waals surface area contributed by atoms with Gasteiger partial charge in [-0.05, 0) is 30.5 Å². The minimum atomic E-state index is -4.48. The van der Waals surface area contributed by atoms with E-state index < -0.39 is 61.6 Å². The molecule has 14 heteroatoms. The number of nitrogens with one attached hydrogen (secondary N) is 2. The highest BCUT2D eigenvalue weighted by Crippen LogP contribution is 2.34. The summed E-state index contributed by atoms with van der Waals surface area (Å²) < 4.78 is 106. The van der Waals surface area contributed by atoms with Gasteiger partial charge in [-0.15, -0.1) is 0 Å². The third-order valence-electron chi connectivity index (χ3n) is 5.36. The Balaban J connectivity index is 1.52. The quantitative estimate of drug-likeness (QED) is 0.364. The molecule has 0 amide bonds. The molecule has 2 heterocycles. The standard InChI is InChI=1S/C20H17F5N4O3S2/c21-13-4-15(23)14(22)3-12(13)11-1-2-26-7-10(11)8-32-18-5-17(25)19(6-16(18)24)34(30,31)29-20-27-9-28-33-20/h3-6,9-11,26H,1-2,7-8H2,(H,27,28,29). The summed E-state index contributed by atoms with van der Waals surface area (Å²) in [6.45, 7) is 0.559. The van der Waals surface area contributed by atoms with Crippen LogP contribution in [0.25, 0.3) is 0 Å². The van der Waals surface area contributed by atoms with Crippen molar-refractivity contribution in [3.8, 4) is 5.75 Å². The van der Waals surface area contributed by atoms with Crippen LogP contribution in [-0.4, -0.2) is 37.5 Å². The zero-order valence-corrected chi connectivity index (χ0v) is 18.8. The molecule has 1 fully saturated rings. The van der Waals surface area contributed by atoms with Crippen molar-refractivity contribution in [2.75, 3.05) is 24.4 Å². The largest absolute Gasteiger partial charge is 0.490 e. The maximum Gasteiger partial charge on any atom is 0.266 e. The maximum absolute atomic E-state index is 14.6. The predicted molar refractivity (Wildman–Crippen MR) is 113 cm³/mol. The predicted octanol–water partition coefficient (Wildman–Crippen LogP) is 3.81. The summed E-state index contributed by atoms with van der Waals surface area (Å²) >= 11 is 0.713. The second kappa shape index (κ2) is 9.80. The average Bonchev–Trinajstić information content (AvgIpc) is 3.29. The number of piperidine rings is 1. The van der Waals surface area contributed by atoms with Crippen molar-refractivity contribution < 1.29 is 35.1 Å². The molecule has 182 valence electrons. The number of hydrogen-bond acceptors (Lipinski definition) is 7. The van der Waals surface area contributed by atoms with Gasteiger partial charge < -0.3 is 10.1 Å². The first-order valence-corrected chi connectivity index (χ1v) is 12.2. The molecule has 1 saturated heterocycles. The third kappa shape index (κ3) is 5.13. The number of nitrogens with zero attached hydrogens (tertiary/aromatic N) is 2. The molecule has 2 atom stereocenters. The molecular weight excluding hydrogens is 503 g/mol. The molecule has 2 aromatic carbocycles. The second-order valence-electron chi connectivity index (χ2n) is 7.52. The van der Waals surface area contributed by atoms with Crippen LogP contribution >= 0.6 is 11.5 Å². The van der Waals surface area contributed by atoms with Gasteiger partial charge in [0, 0.05) is 42.2 Å². The molecule has 2 unspecified atom stereocenters. The highest BCUT2D eigenvalue weighted by atomic mass is 32.2. The molecule has 0 aliphatic carbocycles. The van der Waals surface area contributed by atoms with Gasteiger partial charge in [-0.1, -0.05) is 0 Å². The monoisotopic (exact) mass is 520 g/mol. The van der Waals surface area contributed by atoms with Gasteiger partial charge in [-0.3, -0.25) is 4.72 Å². The number of anilines is 1. The number of ether oxygens (including phenoxy) is 1. The lowest BCUT2D eigenvalue weighted by Crippen LogP contribution is -2.39. The molecule has 7 nitrogen and oxygen atoms in total. The second-order valence-corrected chi connectivity index (χ2v) is 9.95. The molecule has 1 aromatic heterocycles. The first-order chi connectivity index (χ1) is 16.2. The maximum atomic E-state index is 14.6. The normalized spacial score (nSPS) is 18.6. The molecule has 1 aliphatic rings. The highest BCUT2D eigenvalue weighted by Gasteiger charge is 2.31. The van der Waals surface area contributed by atoms with E-state index in [1.54, 1.807) is 0 Å². The van der Waals surface area contributed by atoms with Gasteiger partial charge in [0.2, 0.25) is 5.13 Å². The summed E-state index contributed by atoms with van der Waals surface area (Å²) in [5.74, 6) is -7.43. The number of rotatable bonds is 7. The molecule has 1 aliphatic heterocycles. The zero-order chi connectivity index (χ0) is 24.5. The van der Waals surface area contributed by atoms with Crippen LogP contribution < -0.4 is 14.8 Å². The van der Waals surface area contributed by atoms with Crippen molar-refractivity contribution in [1.29, 1.82) is 0 Å². The fourth-order valence-corrected chi connectivity index (χ4v) is 5.47. The molecule has 3 aromatic rings. The molecular formula is C20H17F5N4O3S2. The Morgan fingerprint density at radius 3 is 2.53 bits per heavy atom. The molecule has 0 saturated carbocycles. The molecule has 4 rings (SSSR count). The van der Waals surface area contributed by atoms with Crippen LogP contribution in [0.1, 0.15) is 17.9 Å².